The van der Waals surface area contributed by atoms with Crippen molar-refractivity contribution in [3.05, 3.63) is 82.3 Å². The number of hydrogen-bond donors (Lipinski definition) is 2. The molecule has 5 aromatic rings. The van der Waals surface area contributed by atoms with Gasteiger partial charge in [0.25, 0.3) is 0 Å². The molecule has 4 heterocycles. The van der Waals surface area contributed by atoms with Crippen LogP contribution in [0.4, 0.5) is 10.2 Å². The van der Waals surface area contributed by atoms with Crippen LogP contribution in [0.2, 0.25) is 5.15 Å². The van der Waals surface area contributed by atoms with Crippen molar-refractivity contribution < 1.29 is 4.39 Å². The second-order valence-electron chi connectivity index (χ2n) is 6.77. The molecule has 0 saturated carbocycles. The third kappa shape index (κ3) is 2.91. The molecule has 1 aromatic carbocycles. The minimum absolute atomic E-state index is 0.280. The van der Waals surface area contributed by atoms with E-state index in [4.69, 9.17) is 11.6 Å². The van der Waals surface area contributed by atoms with Crippen molar-refractivity contribution >= 4 is 34.1 Å². The lowest BCUT2D eigenvalue weighted by atomic mass is 10.2. The van der Waals surface area contributed by atoms with Crippen LogP contribution >= 0.6 is 11.6 Å². The molecule has 0 amide bonds. The first kappa shape index (κ1) is 18.3. The first-order valence-corrected chi connectivity index (χ1v) is 9.50. The molecule has 4 aromatic heterocycles. The quantitative estimate of drug-likeness (QED) is 0.459. The maximum atomic E-state index is 13.9. The van der Waals surface area contributed by atoms with Gasteiger partial charge in [-0.1, -0.05) is 17.7 Å². The molecule has 0 aliphatic rings. The molecule has 0 saturated heterocycles. The Morgan fingerprint density at radius 2 is 2.03 bits per heavy atom. The number of anilines is 1. The molecule has 1 atom stereocenters. The number of nitrogens with zero attached hydrogens (tertiary/aromatic N) is 5. The third-order valence-electron chi connectivity index (χ3n) is 4.89. The van der Waals surface area contributed by atoms with E-state index >= 15 is 0 Å². The summed E-state index contributed by atoms with van der Waals surface area (Å²) in [6, 6.07) is 10.7. The minimum atomic E-state index is -0.445. The molecule has 0 fully saturated rings. The standard InChI is InChI=1S/C20H15ClFN7O/c1-11(27-19-17-18(24-9-23-17)25-10-26-19)15-8-14-5-6-16(21)29(14)20(30)28(15)13-4-2-3-12(22)7-13/h2-11H,1H3,(H2,23,24,25,26,27). The van der Waals surface area contributed by atoms with Crippen LogP contribution < -0.4 is 11.0 Å². The van der Waals surface area contributed by atoms with Gasteiger partial charge in [-0.15, -0.1) is 0 Å². The summed E-state index contributed by atoms with van der Waals surface area (Å²) in [5.74, 6) is 0.0937. The summed E-state index contributed by atoms with van der Waals surface area (Å²) in [5, 5.41) is 3.57. The van der Waals surface area contributed by atoms with Crippen molar-refractivity contribution in [2.24, 2.45) is 0 Å². The molecule has 0 aliphatic carbocycles. The highest BCUT2D eigenvalue weighted by atomic mass is 35.5. The predicted molar refractivity (Wildman–Crippen MR) is 112 cm³/mol. The SMILES string of the molecule is CC(Nc1ncnc2nc[nH]c12)c1cc2ccc(Cl)n2c(=O)n1-c1cccc(F)c1. The van der Waals surface area contributed by atoms with Crippen molar-refractivity contribution in [1.82, 2.24) is 28.9 Å². The van der Waals surface area contributed by atoms with E-state index in [1.807, 2.05) is 13.0 Å². The summed E-state index contributed by atoms with van der Waals surface area (Å²) < 4.78 is 16.8. The van der Waals surface area contributed by atoms with Gasteiger partial charge in [0.15, 0.2) is 11.5 Å². The molecule has 2 N–H and O–H groups in total. The van der Waals surface area contributed by atoms with E-state index in [0.717, 1.165) is 0 Å². The van der Waals surface area contributed by atoms with E-state index in [1.54, 1.807) is 24.3 Å². The van der Waals surface area contributed by atoms with Gasteiger partial charge >= 0.3 is 5.69 Å². The molecule has 150 valence electrons. The van der Waals surface area contributed by atoms with E-state index in [1.165, 1.54) is 33.8 Å². The molecule has 5 rings (SSSR count). The van der Waals surface area contributed by atoms with Gasteiger partial charge in [-0.05, 0) is 43.3 Å². The fraction of sp³-hybridized carbons (Fsp3) is 0.100. The molecular weight excluding hydrogens is 409 g/mol. The van der Waals surface area contributed by atoms with E-state index in [-0.39, 0.29) is 11.2 Å². The van der Waals surface area contributed by atoms with Crippen LogP contribution in [-0.2, 0) is 0 Å². The van der Waals surface area contributed by atoms with E-state index in [0.29, 0.717) is 33.9 Å². The van der Waals surface area contributed by atoms with Gasteiger partial charge in [-0.3, -0.25) is 8.97 Å². The lowest BCUT2D eigenvalue weighted by molar-refractivity contribution is 0.624. The maximum absolute atomic E-state index is 13.9. The third-order valence-corrected chi connectivity index (χ3v) is 5.18. The number of aromatic amines is 1. The molecule has 0 aliphatic heterocycles. The van der Waals surface area contributed by atoms with Gasteiger partial charge < -0.3 is 10.3 Å². The Bertz CT molecular complexity index is 1450. The molecule has 1 unspecified atom stereocenters. The van der Waals surface area contributed by atoms with Gasteiger partial charge in [0, 0.05) is 0 Å². The zero-order valence-electron chi connectivity index (χ0n) is 15.7. The molecule has 10 heteroatoms. The molecule has 0 spiro atoms. The van der Waals surface area contributed by atoms with Gasteiger partial charge in [-0.25, -0.2) is 24.1 Å². The Kier molecular flexibility index (Phi) is 4.25. The van der Waals surface area contributed by atoms with Crippen molar-refractivity contribution in [3.8, 4) is 5.69 Å². The first-order valence-electron chi connectivity index (χ1n) is 9.12. The number of benzene rings is 1. The Balaban J connectivity index is 1.70. The zero-order chi connectivity index (χ0) is 20.8. The Labute approximate surface area is 174 Å². The minimum Gasteiger partial charge on any atom is -0.360 e. The van der Waals surface area contributed by atoms with Gasteiger partial charge in [0.05, 0.1) is 29.3 Å². The summed E-state index contributed by atoms with van der Waals surface area (Å²) >= 11 is 6.22. The van der Waals surface area contributed by atoms with Gasteiger partial charge in [0.1, 0.15) is 22.8 Å². The number of nitrogens with one attached hydrogen (secondary N) is 2. The van der Waals surface area contributed by atoms with Crippen molar-refractivity contribution in [2.75, 3.05) is 5.32 Å². The fourth-order valence-electron chi connectivity index (χ4n) is 3.51. The number of rotatable bonds is 4. The topological polar surface area (TPSA) is 92.9 Å². The number of H-pyrrole nitrogens is 1. The smallest absolute Gasteiger partial charge is 0.338 e. The average molecular weight is 424 g/mol. The van der Waals surface area contributed by atoms with Crippen LogP contribution in [0.1, 0.15) is 18.7 Å². The molecule has 0 radical (unpaired) electrons. The predicted octanol–water partition coefficient (Wildman–Crippen LogP) is 3.72. The highest BCUT2D eigenvalue weighted by Gasteiger charge is 2.19. The van der Waals surface area contributed by atoms with Crippen LogP contribution in [-0.4, -0.2) is 28.9 Å². The monoisotopic (exact) mass is 423 g/mol. The van der Waals surface area contributed by atoms with Gasteiger partial charge in [-0.2, -0.15) is 0 Å². The number of hydrogen-bond acceptors (Lipinski definition) is 5. The Morgan fingerprint density at radius 3 is 2.87 bits per heavy atom. The normalized spacial score (nSPS) is 12.5. The summed E-state index contributed by atoms with van der Waals surface area (Å²) in [6.07, 6.45) is 2.94. The molecule has 0 bridgehead atoms. The summed E-state index contributed by atoms with van der Waals surface area (Å²) in [6.45, 7) is 1.88. The van der Waals surface area contributed by atoms with E-state index in [9.17, 15) is 9.18 Å². The maximum Gasteiger partial charge on any atom is 0.338 e. The molecule has 8 nitrogen and oxygen atoms in total. The summed E-state index contributed by atoms with van der Waals surface area (Å²) in [5.41, 5.74) is 2.41. The highest BCUT2D eigenvalue weighted by molar-refractivity contribution is 6.30. The largest absolute Gasteiger partial charge is 0.360 e. The second kappa shape index (κ2) is 6.96. The first-order chi connectivity index (χ1) is 14.5. The van der Waals surface area contributed by atoms with Gasteiger partial charge in [0.2, 0.25) is 0 Å². The number of fused-ring (bicyclic) bond motifs is 2. The number of halogens is 2. The lowest BCUT2D eigenvalue weighted by Crippen LogP contribution is -2.30. The lowest BCUT2D eigenvalue weighted by Gasteiger charge is -2.21. The zero-order valence-corrected chi connectivity index (χ0v) is 16.4. The summed E-state index contributed by atoms with van der Waals surface area (Å²) in [4.78, 5) is 28.8. The van der Waals surface area contributed by atoms with Crippen LogP contribution in [0.3, 0.4) is 0 Å². The average Bonchev–Trinajstić information content (AvgIpc) is 3.35. The van der Waals surface area contributed by atoms with Crippen LogP contribution in [0, 0.1) is 5.82 Å². The fourth-order valence-corrected chi connectivity index (χ4v) is 3.75. The van der Waals surface area contributed by atoms with E-state index in [2.05, 4.69) is 25.3 Å². The second-order valence-corrected chi connectivity index (χ2v) is 7.16. The van der Waals surface area contributed by atoms with Crippen molar-refractivity contribution in [3.63, 3.8) is 0 Å². The number of imidazole rings is 1. The Morgan fingerprint density at radius 1 is 1.17 bits per heavy atom. The van der Waals surface area contributed by atoms with Crippen LogP contribution in [0.25, 0.3) is 22.4 Å². The number of aromatic nitrogens is 6. The Hall–Kier alpha value is -3.72. The molecule has 30 heavy (non-hydrogen) atoms. The van der Waals surface area contributed by atoms with Crippen molar-refractivity contribution in [1.29, 1.82) is 0 Å². The van der Waals surface area contributed by atoms with Crippen molar-refractivity contribution in [2.45, 2.75) is 13.0 Å². The van der Waals surface area contributed by atoms with Crippen LogP contribution in [0.15, 0.2) is 59.9 Å². The van der Waals surface area contributed by atoms with Crippen LogP contribution in [0.5, 0.6) is 0 Å². The van der Waals surface area contributed by atoms with E-state index < -0.39 is 11.5 Å². The summed E-state index contributed by atoms with van der Waals surface area (Å²) in [7, 11) is 0. The highest BCUT2D eigenvalue weighted by Crippen LogP contribution is 2.25. The molecular formula is C20H15ClFN7O.